The Morgan fingerprint density at radius 2 is 2.40 bits per heavy atom. The van der Waals surface area contributed by atoms with Gasteiger partial charge in [-0.05, 0) is 12.3 Å². The first-order valence-electron chi connectivity index (χ1n) is 3.89. The van der Waals surface area contributed by atoms with Crippen LogP contribution in [0.4, 0.5) is 5.00 Å². The lowest BCUT2D eigenvalue weighted by atomic mass is 10.2. The van der Waals surface area contributed by atoms with E-state index in [1.165, 1.54) is 11.8 Å². The number of rotatable bonds is 1. The minimum absolute atomic E-state index is 0.377. The third-order valence-electron chi connectivity index (χ3n) is 1.82. The van der Waals surface area contributed by atoms with E-state index in [4.69, 9.17) is 10.7 Å². The summed E-state index contributed by atoms with van der Waals surface area (Å²) in [5.74, 6) is 0. The molecular formula is C8H4N5S2+. The van der Waals surface area contributed by atoms with Crippen LogP contribution in [0.15, 0.2) is 11.1 Å². The molecule has 0 aliphatic carbocycles. The lowest BCUT2D eigenvalue weighted by Gasteiger charge is -1.96. The van der Waals surface area contributed by atoms with Gasteiger partial charge in [0.15, 0.2) is 10.6 Å². The largest absolute Gasteiger partial charge is 0.468 e. The molecule has 15 heavy (non-hydrogen) atoms. The fourth-order valence-electron chi connectivity index (χ4n) is 1.16. The summed E-state index contributed by atoms with van der Waals surface area (Å²) in [6.07, 6.45) is 1.85. The van der Waals surface area contributed by atoms with E-state index in [-0.39, 0.29) is 0 Å². The number of nitriles is 1. The maximum atomic E-state index is 8.90. The molecule has 0 aromatic carbocycles. The summed E-state index contributed by atoms with van der Waals surface area (Å²) in [5, 5.41) is 19.2. The van der Waals surface area contributed by atoms with Gasteiger partial charge in [0, 0.05) is 0 Å². The lowest BCUT2D eigenvalue weighted by Crippen LogP contribution is -1.86. The number of thioether (sulfide) groups is 1. The Morgan fingerprint density at radius 1 is 1.60 bits per heavy atom. The average Bonchev–Trinajstić information content (AvgIpc) is 2.68. The van der Waals surface area contributed by atoms with E-state index < -0.39 is 0 Å². The van der Waals surface area contributed by atoms with Crippen molar-refractivity contribution in [2.45, 2.75) is 5.03 Å². The van der Waals surface area contributed by atoms with Crippen molar-refractivity contribution in [3.8, 4) is 6.07 Å². The molecule has 2 aromatic heterocycles. The highest BCUT2D eigenvalue weighted by molar-refractivity contribution is 7.98. The van der Waals surface area contributed by atoms with Crippen LogP contribution in [0.5, 0.6) is 0 Å². The number of hydrogen-bond donors (Lipinski definition) is 0. The van der Waals surface area contributed by atoms with Crippen molar-refractivity contribution in [3.63, 3.8) is 0 Å². The molecule has 0 aliphatic heterocycles. The van der Waals surface area contributed by atoms with E-state index in [0.717, 1.165) is 11.5 Å². The second-order valence-corrected chi connectivity index (χ2v) is 4.16. The highest BCUT2D eigenvalue weighted by Crippen LogP contribution is 2.32. The van der Waals surface area contributed by atoms with Crippen LogP contribution >= 0.6 is 23.3 Å². The molecular weight excluding hydrogens is 230 g/mol. The van der Waals surface area contributed by atoms with Gasteiger partial charge in [-0.3, -0.25) is 0 Å². The predicted molar refractivity (Wildman–Crippen MR) is 58.7 cm³/mol. The molecule has 0 unspecified atom stereocenters. The van der Waals surface area contributed by atoms with Crippen molar-refractivity contribution in [2.75, 3.05) is 6.26 Å². The topological polar surface area (TPSA) is 77.7 Å². The molecule has 2 aromatic rings. The monoisotopic (exact) mass is 234 g/mol. The average molecular weight is 234 g/mol. The van der Waals surface area contributed by atoms with E-state index in [1.54, 1.807) is 6.07 Å². The number of fused-ring (bicyclic) bond motifs is 1. The molecule has 0 N–H and O–H groups in total. The molecule has 0 fully saturated rings. The molecule has 0 atom stereocenters. The van der Waals surface area contributed by atoms with E-state index in [1.807, 2.05) is 12.3 Å². The summed E-state index contributed by atoms with van der Waals surface area (Å²) in [4.78, 5) is 7.29. The molecule has 0 radical (unpaired) electrons. The molecule has 7 heteroatoms. The third-order valence-corrected chi connectivity index (χ3v) is 3.26. The second kappa shape index (κ2) is 3.81. The van der Waals surface area contributed by atoms with E-state index in [2.05, 4.69) is 14.3 Å². The van der Waals surface area contributed by atoms with Crippen molar-refractivity contribution in [1.82, 2.24) is 9.36 Å². The Kier molecular flexibility index (Phi) is 2.50. The number of nitrogens with zero attached hydrogens (tertiary/aromatic N) is 5. The SMILES string of the molecule is CSc1nc2nsc([N+]#N)c2cc1C#N. The molecule has 0 saturated carbocycles. The van der Waals surface area contributed by atoms with Crippen LogP contribution in [0.25, 0.3) is 16.0 Å². The smallest absolute Gasteiger partial charge is 0.219 e. The summed E-state index contributed by atoms with van der Waals surface area (Å²) in [5.41, 5.74) is 0.983. The minimum Gasteiger partial charge on any atom is -0.219 e. The first-order valence-corrected chi connectivity index (χ1v) is 5.89. The predicted octanol–water partition coefficient (Wildman–Crippen LogP) is 2.77. The van der Waals surface area contributed by atoms with Crippen molar-refractivity contribution >= 4 is 39.3 Å². The molecule has 0 amide bonds. The van der Waals surface area contributed by atoms with Crippen molar-refractivity contribution in [2.24, 2.45) is 0 Å². The first kappa shape index (κ1) is 9.84. The molecule has 72 valence electrons. The Morgan fingerprint density at radius 3 is 3.00 bits per heavy atom. The zero-order valence-electron chi connectivity index (χ0n) is 7.63. The van der Waals surface area contributed by atoms with Gasteiger partial charge in [-0.1, -0.05) is 0 Å². The molecule has 2 rings (SSSR count). The van der Waals surface area contributed by atoms with Gasteiger partial charge in [0.25, 0.3) is 0 Å². The molecule has 5 nitrogen and oxygen atoms in total. The van der Waals surface area contributed by atoms with Gasteiger partial charge in [-0.2, -0.15) is 9.64 Å². The van der Waals surface area contributed by atoms with Gasteiger partial charge in [-0.25, -0.2) is 4.98 Å². The number of aromatic nitrogens is 2. The summed E-state index contributed by atoms with van der Waals surface area (Å²) < 4.78 is 4.03. The summed E-state index contributed by atoms with van der Waals surface area (Å²) >= 11 is 2.44. The van der Waals surface area contributed by atoms with Crippen LogP contribution in [-0.2, 0) is 0 Å². The Bertz CT molecular complexity index is 604. The lowest BCUT2D eigenvalue weighted by molar-refractivity contribution is 1.15. The molecule has 0 aliphatic rings. The van der Waals surface area contributed by atoms with Gasteiger partial charge in [0.2, 0.25) is 5.39 Å². The van der Waals surface area contributed by atoms with Gasteiger partial charge in [0.05, 0.1) is 17.1 Å². The van der Waals surface area contributed by atoms with Crippen molar-refractivity contribution in [1.29, 1.82) is 10.7 Å². The molecule has 2 heterocycles. The summed E-state index contributed by atoms with van der Waals surface area (Å²) in [6.45, 7) is 0. The minimum atomic E-state index is 0.377. The van der Waals surface area contributed by atoms with Crippen LogP contribution in [0.1, 0.15) is 5.56 Å². The van der Waals surface area contributed by atoms with Gasteiger partial charge in [0.1, 0.15) is 16.5 Å². The quantitative estimate of drug-likeness (QED) is 0.560. The molecule has 0 bridgehead atoms. The van der Waals surface area contributed by atoms with E-state index >= 15 is 0 Å². The summed E-state index contributed by atoms with van der Waals surface area (Å²) in [7, 11) is 0. The van der Waals surface area contributed by atoms with Crippen LogP contribution in [0, 0.1) is 16.7 Å². The Labute approximate surface area is 93.5 Å². The van der Waals surface area contributed by atoms with Gasteiger partial charge in [-0.15, -0.1) is 11.8 Å². The van der Waals surface area contributed by atoms with Crippen molar-refractivity contribution in [3.05, 3.63) is 16.6 Å². The van der Waals surface area contributed by atoms with Crippen molar-refractivity contribution < 1.29 is 0 Å². The van der Waals surface area contributed by atoms with Crippen LogP contribution < -0.4 is 0 Å². The van der Waals surface area contributed by atoms with Gasteiger partial charge < -0.3 is 0 Å². The number of hydrogen-bond acceptors (Lipinski definition) is 6. The van der Waals surface area contributed by atoms with E-state index in [9.17, 15) is 0 Å². The second-order valence-electron chi connectivity index (χ2n) is 2.62. The zero-order chi connectivity index (χ0) is 10.8. The fourth-order valence-corrected chi connectivity index (χ4v) is 2.26. The first-order chi connectivity index (χ1) is 7.30. The maximum Gasteiger partial charge on any atom is 0.468 e. The standard InChI is InChI=1S/C8H4N5S2/c1-14-7-4(3-9)2-5-6(11-7)13-15-8(5)12-10/h2H,1H3/q+1. The highest BCUT2D eigenvalue weighted by Gasteiger charge is 2.19. The fraction of sp³-hybridized carbons (Fsp3) is 0.125. The Balaban J connectivity index is 2.81. The number of diazo groups is 1. The normalized spacial score (nSPS) is 9.80. The maximum absolute atomic E-state index is 8.90. The van der Waals surface area contributed by atoms with E-state index in [0.29, 0.717) is 26.6 Å². The third kappa shape index (κ3) is 1.52. The summed E-state index contributed by atoms with van der Waals surface area (Å²) in [6, 6.07) is 3.70. The molecule has 0 saturated heterocycles. The Hall–Kier alpha value is -1.70. The van der Waals surface area contributed by atoms with Crippen LogP contribution in [0.2, 0.25) is 0 Å². The van der Waals surface area contributed by atoms with Crippen LogP contribution in [0.3, 0.4) is 0 Å². The zero-order valence-corrected chi connectivity index (χ0v) is 9.26. The van der Waals surface area contributed by atoms with Crippen LogP contribution in [-0.4, -0.2) is 15.6 Å². The van der Waals surface area contributed by atoms with Gasteiger partial charge >= 0.3 is 5.00 Å². The number of pyridine rings is 1. The molecule has 0 spiro atoms. The highest BCUT2D eigenvalue weighted by atomic mass is 32.2.